The van der Waals surface area contributed by atoms with Gasteiger partial charge in [-0.25, -0.2) is 4.79 Å². The van der Waals surface area contributed by atoms with E-state index in [1.807, 2.05) is 41.8 Å². The van der Waals surface area contributed by atoms with E-state index in [4.69, 9.17) is 13.7 Å². The van der Waals surface area contributed by atoms with Gasteiger partial charge in [-0.3, -0.25) is 4.79 Å². The standard InChI is InChI=1S/C18H14N4O5S/c23-15(8-9-22-18(24)26-17(20-22)13-7-4-10-28-13)25-11-14-19-16(21-27-14)12-5-2-1-3-6-12/h1-7,10H,8-9,11H2. The first kappa shape index (κ1) is 17.9. The molecule has 0 bridgehead atoms. The maximum atomic E-state index is 11.9. The maximum Gasteiger partial charge on any atom is 0.437 e. The minimum absolute atomic E-state index is 0.0456. The Hall–Kier alpha value is -3.53. The van der Waals surface area contributed by atoms with Crippen LogP contribution in [0.25, 0.3) is 22.2 Å². The van der Waals surface area contributed by atoms with Crippen LogP contribution in [0.4, 0.5) is 0 Å². The normalized spacial score (nSPS) is 10.9. The van der Waals surface area contributed by atoms with Crippen LogP contribution in [0.1, 0.15) is 12.3 Å². The number of nitrogens with zero attached hydrogens (tertiary/aromatic N) is 4. The van der Waals surface area contributed by atoms with Gasteiger partial charge in [-0.15, -0.1) is 16.4 Å². The summed E-state index contributed by atoms with van der Waals surface area (Å²) in [5.74, 6) is -0.312. The van der Waals surface area contributed by atoms with Crippen molar-refractivity contribution in [2.45, 2.75) is 19.6 Å². The average molecular weight is 398 g/mol. The molecular formula is C18H14N4O5S. The van der Waals surface area contributed by atoms with Gasteiger partial charge >= 0.3 is 11.7 Å². The van der Waals surface area contributed by atoms with Gasteiger partial charge < -0.3 is 13.7 Å². The molecule has 9 nitrogen and oxygen atoms in total. The van der Waals surface area contributed by atoms with Crippen molar-refractivity contribution in [3.05, 3.63) is 64.3 Å². The van der Waals surface area contributed by atoms with Crippen molar-refractivity contribution in [2.75, 3.05) is 0 Å². The van der Waals surface area contributed by atoms with Gasteiger partial charge in [0.15, 0.2) is 6.61 Å². The van der Waals surface area contributed by atoms with Crippen molar-refractivity contribution in [3.63, 3.8) is 0 Å². The first-order valence-corrected chi connectivity index (χ1v) is 9.22. The SMILES string of the molecule is O=C(CCn1nc(-c2cccs2)oc1=O)OCc1nc(-c2ccccc2)no1. The Morgan fingerprint density at radius 2 is 2.04 bits per heavy atom. The monoisotopic (exact) mass is 398 g/mol. The summed E-state index contributed by atoms with van der Waals surface area (Å²) >= 11 is 1.41. The maximum absolute atomic E-state index is 11.9. The number of aryl methyl sites for hydroxylation is 1. The van der Waals surface area contributed by atoms with E-state index < -0.39 is 11.7 Å². The van der Waals surface area contributed by atoms with Crippen LogP contribution in [0.3, 0.4) is 0 Å². The molecule has 142 valence electrons. The predicted molar refractivity (Wildman–Crippen MR) is 98.2 cm³/mol. The first-order chi connectivity index (χ1) is 13.7. The number of thiophene rings is 1. The molecule has 0 atom stereocenters. The summed E-state index contributed by atoms with van der Waals surface area (Å²) in [6, 6.07) is 12.9. The average Bonchev–Trinajstić information content (AvgIpc) is 3.46. The van der Waals surface area contributed by atoms with Crippen LogP contribution >= 0.6 is 11.3 Å². The fourth-order valence-corrected chi connectivity index (χ4v) is 3.02. The molecule has 0 aliphatic carbocycles. The first-order valence-electron chi connectivity index (χ1n) is 8.34. The van der Waals surface area contributed by atoms with Crippen LogP contribution in [0.5, 0.6) is 0 Å². The molecule has 0 aliphatic heterocycles. The van der Waals surface area contributed by atoms with Crippen LogP contribution in [0.2, 0.25) is 0 Å². The summed E-state index contributed by atoms with van der Waals surface area (Å²) in [6.45, 7) is -0.0987. The molecular weight excluding hydrogens is 384 g/mol. The van der Waals surface area contributed by atoms with Gasteiger partial charge in [0, 0.05) is 5.56 Å². The van der Waals surface area contributed by atoms with E-state index >= 15 is 0 Å². The van der Waals surface area contributed by atoms with Gasteiger partial charge in [-0.2, -0.15) is 9.67 Å². The summed E-state index contributed by atoms with van der Waals surface area (Å²) in [7, 11) is 0. The summed E-state index contributed by atoms with van der Waals surface area (Å²) in [4.78, 5) is 28.7. The van der Waals surface area contributed by atoms with E-state index in [1.54, 1.807) is 6.07 Å². The zero-order valence-electron chi connectivity index (χ0n) is 14.5. The molecule has 0 N–H and O–H groups in total. The highest BCUT2D eigenvalue weighted by Gasteiger charge is 2.14. The second kappa shape index (κ2) is 8.01. The van der Waals surface area contributed by atoms with Gasteiger partial charge in [-0.05, 0) is 11.4 Å². The molecule has 28 heavy (non-hydrogen) atoms. The third kappa shape index (κ3) is 4.07. The molecule has 0 unspecified atom stereocenters. The fourth-order valence-electron chi connectivity index (χ4n) is 2.38. The predicted octanol–water partition coefficient (Wildman–Crippen LogP) is 2.75. The number of carbonyl (C=O) groups excluding carboxylic acids is 1. The van der Waals surface area contributed by atoms with E-state index in [9.17, 15) is 9.59 Å². The van der Waals surface area contributed by atoms with Crippen LogP contribution in [-0.4, -0.2) is 25.9 Å². The number of benzene rings is 1. The van der Waals surface area contributed by atoms with E-state index in [0.717, 1.165) is 15.1 Å². The summed E-state index contributed by atoms with van der Waals surface area (Å²) < 4.78 is 16.4. The molecule has 0 spiro atoms. The highest BCUT2D eigenvalue weighted by atomic mass is 32.1. The van der Waals surface area contributed by atoms with Crippen LogP contribution in [-0.2, 0) is 22.7 Å². The van der Waals surface area contributed by atoms with E-state index in [0.29, 0.717) is 5.82 Å². The Morgan fingerprint density at radius 3 is 2.82 bits per heavy atom. The largest absolute Gasteiger partial charge is 0.455 e. The van der Waals surface area contributed by atoms with E-state index in [1.165, 1.54) is 11.3 Å². The summed E-state index contributed by atoms with van der Waals surface area (Å²) in [6.07, 6.45) is -0.0456. The van der Waals surface area contributed by atoms with Gasteiger partial charge in [0.2, 0.25) is 5.82 Å². The topological polar surface area (TPSA) is 113 Å². The fraction of sp³-hybridized carbons (Fsp3) is 0.167. The molecule has 0 fully saturated rings. The van der Waals surface area contributed by atoms with Crippen molar-refractivity contribution in [2.24, 2.45) is 0 Å². The molecule has 3 aromatic heterocycles. The molecule has 0 saturated carbocycles. The second-order valence-electron chi connectivity index (χ2n) is 5.66. The molecule has 4 rings (SSSR count). The number of ether oxygens (including phenoxy) is 1. The Kier molecular flexibility index (Phi) is 5.11. The highest BCUT2D eigenvalue weighted by molar-refractivity contribution is 7.13. The number of aromatic nitrogens is 4. The molecule has 4 aromatic rings. The highest BCUT2D eigenvalue weighted by Crippen LogP contribution is 2.21. The third-order valence-electron chi connectivity index (χ3n) is 3.72. The Morgan fingerprint density at radius 1 is 1.18 bits per heavy atom. The Balaban J connectivity index is 1.30. The minimum Gasteiger partial charge on any atom is -0.455 e. The lowest BCUT2D eigenvalue weighted by molar-refractivity contribution is -0.146. The van der Waals surface area contributed by atoms with Crippen LogP contribution in [0, 0.1) is 0 Å². The molecule has 0 amide bonds. The lowest BCUT2D eigenvalue weighted by Gasteiger charge is -2.01. The van der Waals surface area contributed by atoms with Crippen molar-refractivity contribution in [3.8, 4) is 22.2 Å². The molecule has 0 saturated heterocycles. The molecule has 0 aliphatic rings. The van der Waals surface area contributed by atoms with Crippen LogP contribution < -0.4 is 5.76 Å². The number of hydrogen-bond acceptors (Lipinski definition) is 9. The van der Waals surface area contributed by atoms with E-state index in [2.05, 4.69) is 15.2 Å². The van der Waals surface area contributed by atoms with Gasteiger partial charge in [0.05, 0.1) is 17.8 Å². The van der Waals surface area contributed by atoms with Gasteiger partial charge in [0.25, 0.3) is 11.8 Å². The summed E-state index contributed by atoms with van der Waals surface area (Å²) in [5.41, 5.74) is 0.802. The van der Waals surface area contributed by atoms with Crippen molar-refractivity contribution >= 4 is 17.3 Å². The Labute approximate surface area is 162 Å². The quantitative estimate of drug-likeness (QED) is 0.437. The van der Waals surface area contributed by atoms with Crippen molar-refractivity contribution < 1.29 is 18.5 Å². The van der Waals surface area contributed by atoms with Crippen molar-refractivity contribution in [1.82, 2.24) is 19.9 Å². The van der Waals surface area contributed by atoms with E-state index in [-0.39, 0.29) is 31.4 Å². The number of esters is 1. The number of rotatable bonds is 7. The smallest absolute Gasteiger partial charge is 0.437 e. The number of hydrogen-bond donors (Lipinski definition) is 0. The van der Waals surface area contributed by atoms with Gasteiger partial charge in [0.1, 0.15) is 0 Å². The van der Waals surface area contributed by atoms with Crippen molar-refractivity contribution in [1.29, 1.82) is 0 Å². The molecule has 0 radical (unpaired) electrons. The molecule has 1 aromatic carbocycles. The Bertz CT molecular complexity index is 1110. The third-order valence-corrected chi connectivity index (χ3v) is 4.58. The zero-order valence-corrected chi connectivity index (χ0v) is 15.3. The van der Waals surface area contributed by atoms with Gasteiger partial charge in [-0.1, -0.05) is 41.6 Å². The minimum atomic E-state index is -0.624. The van der Waals surface area contributed by atoms with Crippen LogP contribution in [0.15, 0.2) is 61.6 Å². The molecule has 3 heterocycles. The lowest BCUT2D eigenvalue weighted by atomic mass is 10.2. The molecule has 10 heteroatoms. The summed E-state index contributed by atoms with van der Waals surface area (Å²) in [5, 5.41) is 9.78. The second-order valence-corrected chi connectivity index (χ2v) is 6.61. The zero-order chi connectivity index (χ0) is 19.3. The number of carbonyl (C=O) groups is 1. The lowest BCUT2D eigenvalue weighted by Crippen LogP contribution is -2.18.